The number of hydrogen-bond acceptors (Lipinski definition) is 6. The third-order valence-electron chi connectivity index (χ3n) is 2.86. The number of nitrogens with one attached hydrogen (secondary N) is 1. The van der Waals surface area contributed by atoms with Gasteiger partial charge in [0.1, 0.15) is 23.3 Å². The molecule has 3 aromatic rings. The zero-order valence-corrected chi connectivity index (χ0v) is 10.8. The summed E-state index contributed by atoms with van der Waals surface area (Å²) in [6.45, 7) is 0.361. The largest absolute Gasteiger partial charge is 0.433 e. The number of nitrogens with zero attached hydrogens (tertiary/aromatic N) is 4. The monoisotopic (exact) mass is 285 g/mol. The fourth-order valence-electron chi connectivity index (χ4n) is 1.86. The van der Waals surface area contributed by atoms with E-state index in [1.807, 2.05) is 24.3 Å². The molecule has 2 heterocycles. The highest BCUT2D eigenvalue weighted by Crippen LogP contribution is 2.18. The number of benzene rings is 1. The summed E-state index contributed by atoms with van der Waals surface area (Å²) in [5.74, 6) is 0.237. The van der Waals surface area contributed by atoms with E-state index in [2.05, 4.69) is 15.5 Å². The number of rotatable bonds is 5. The van der Waals surface area contributed by atoms with Crippen molar-refractivity contribution in [3.05, 3.63) is 64.9 Å². The van der Waals surface area contributed by atoms with Crippen LogP contribution in [0.3, 0.4) is 0 Å². The molecular weight excluding hydrogens is 274 g/mol. The Morgan fingerprint density at radius 3 is 2.76 bits per heavy atom. The molecule has 0 saturated carbocycles. The first kappa shape index (κ1) is 12.9. The summed E-state index contributed by atoms with van der Waals surface area (Å²) < 4.78 is 6.86. The summed E-state index contributed by atoms with van der Waals surface area (Å²) in [5, 5.41) is 21.2. The Morgan fingerprint density at radius 2 is 2.05 bits per heavy atom. The highest BCUT2D eigenvalue weighted by Gasteiger charge is 2.11. The number of nitro groups is 1. The molecule has 2 aromatic heterocycles. The van der Waals surface area contributed by atoms with Crippen LogP contribution in [0.5, 0.6) is 0 Å². The molecule has 0 aliphatic heterocycles. The molecule has 0 unspecified atom stereocenters. The summed E-state index contributed by atoms with van der Waals surface area (Å²) in [4.78, 5) is 9.98. The molecule has 0 aliphatic rings. The van der Waals surface area contributed by atoms with Gasteiger partial charge in [-0.1, -0.05) is 6.07 Å². The van der Waals surface area contributed by atoms with Crippen molar-refractivity contribution in [2.24, 2.45) is 0 Å². The molecule has 106 valence electrons. The van der Waals surface area contributed by atoms with E-state index in [1.165, 1.54) is 6.07 Å². The van der Waals surface area contributed by atoms with E-state index in [9.17, 15) is 10.1 Å². The maximum atomic E-state index is 10.5. The van der Waals surface area contributed by atoms with Gasteiger partial charge in [0.05, 0.1) is 18.3 Å². The van der Waals surface area contributed by atoms with Crippen molar-refractivity contribution in [3.8, 4) is 5.69 Å². The van der Waals surface area contributed by atoms with Crippen LogP contribution >= 0.6 is 0 Å². The fraction of sp³-hybridized carbons (Fsp3) is 0.0769. The van der Waals surface area contributed by atoms with E-state index >= 15 is 0 Å². The van der Waals surface area contributed by atoms with Gasteiger partial charge in [-0.15, -0.1) is 10.2 Å². The van der Waals surface area contributed by atoms with Crippen LogP contribution in [-0.2, 0) is 6.54 Å². The second kappa shape index (κ2) is 5.45. The van der Waals surface area contributed by atoms with Gasteiger partial charge in [0.15, 0.2) is 0 Å². The number of furan rings is 1. The summed E-state index contributed by atoms with van der Waals surface area (Å²) in [6.07, 6.45) is 3.21. The van der Waals surface area contributed by atoms with Crippen molar-refractivity contribution >= 4 is 11.6 Å². The van der Waals surface area contributed by atoms with Gasteiger partial charge in [-0.2, -0.15) is 0 Å². The molecule has 0 aliphatic carbocycles. The number of anilines is 1. The smallest absolute Gasteiger partial charge is 0.404 e. The van der Waals surface area contributed by atoms with Crippen LogP contribution < -0.4 is 5.32 Å². The summed E-state index contributed by atoms with van der Waals surface area (Å²) in [5.41, 5.74) is 1.77. The Labute approximate surface area is 119 Å². The third-order valence-corrected chi connectivity index (χ3v) is 2.86. The van der Waals surface area contributed by atoms with Crippen molar-refractivity contribution in [1.82, 2.24) is 14.8 Å². The first-order valence-corrected chi connectivity index (χ1v) is 6.14. The fourth-order valence-corrected chi connectivity index (χ4v) is 1.86. The van der Waals surface area contributed by atoms with Crippen LogP contribution in [0.4, 0.5) is 11.6 Å². The van der Waals surface area contributed by atoms with E-state index in [0.717, 1.165) is 11.4 Å². The maximum absolute atomic E-state index is 10.5. The lowest BCUT2D eigenvalue weighted by Crippen LogP contribution is -1.99. The molecule has 0 spiro atoms. The Balaban J connectivity index is 1.70. The second-order valence-electron chi connectivity index (χ2n) is 4.27. The molecule has 0 saturated heterocycles. The minimum absolute atomic E-state index is 0.259. The van der Waals surface area contributed by atoms with Gasteiger partial charge in [-0.25, -0.2) is 0 Å². The van der Waals surface area contributed by atoms with Crippen molar-refractivity contribution in [2.75, 3.05) is 5.32 Å². The Morgan fingerprint density at radius 1 is 1.24 bits per heavy atom. The lowest BCUT2D eigenvalue weighted by molar-refractivity contribution is -0.402. The highest BCUT2D eigenvalue weighted by atomic mass is 16.6. The van der Waals surface area contributed by atoms with E-state index < -0.39 is 4.92 Å². The van der Waals surface area contributed by atoms with Crippen molar-refractivity contribution in [2.45, 2.75) is 6.54 Å². The molecule has 21 heavy (non-hydrogen) atoms. The average molecular weight is 285 g/mol. The van der Waals surface area contributed by atoms with E-state index in [4.69, 9.17) is 4.42 Å². The van der Waals surface area contributed by atoms with Gasteiger partial charge in [0, 0.05) is 5.69 Å². The minimum Gasteiger partial charge on any atom is -0.404 e. The Bertz CT molecular complexity index is 751. The Hall–Kier alpha value is -3.16. The molecule has 8 nitrogen and oxygen atoms in total. The van der Waals surface area contributed by atoms with Crippen molar-refractivity contribution in [3.63, 3.8) is 0 Å². The predicted octanol–water partition coefficient (Wildman–Crippen LogP) is 2.38. The first-order valence-electron chi connectivity index (χ1n) is 6.14. The molecule has 0 atom stereocenters. The molecule has 1 N–H and O–H groups in total. The SMILES string of the molecule is O=[N+]([O-])c1ccc(CNc2cccc(-n3cnnc3)c2)o1. The van der Waals surface area contributed by atoms with Crippen LogP contribution in [0.15, 0.2) is 53.5 Å². The Kier molecular flexibility index (Phi) is 3.34. The second-order valence-corrected chi connectivity index (χ2v) is 4.27. The van der Waals surface area contributed by atoms with Crippen molar-refractivity contribution in [1.29, 1.82) is 0 Å². The minimum atomic E-state index is -0.559. The first-order chi connectivity index (χ1) is 10.2. The molecule has 0 radical (unpaired) electrons. The van der Waals surface area contributed by atoms with Gasteiger partial charge >= 0.3 is 5.88 Å². The predicted molar refractivity (Wildman–Crippen MR) is 74.0 cm³/mol. The normalized spacial score (nSPS) is 10.5. The summed E-state index contributed by atoms with van der Waals surface area (Å²) >= 11 is 0. The van der Waals surface area contributed by atoms with Gasteiger partial charge < -0.3 is 9.73 Å². The third kappa shape index (κ3) is 2.89. The zero-order valence-electron chi connectivity index (χ0n) is 10.8. The maximum Gasteiger partial charge on any atom is 0.433 e. The quantitative estimate of drug-likeness (QED) is 0.570. The molecule has 8 heteroatoms. The van der Waals surface area contributed by atoms with E-state index in [1.54, 1.807) is 23.3 Å². The number of aromatic nitrogens is 3. The van der Waals surface area contributed by atoms with Crippen LogP contribution in [0.2, 0.25) is 0 Å². The molecular formula is C13H11N5O3. The van der Waals surface area contributed by atoms with Crippen LogP contribution in [0.25, 0.3) is 5.69 Å². The van der Waals surface area contributed by atoms with Gasteiger partial charge in [0.25, 0.3) is 0 Å². The highest BCUT2D eigenvalue weighted by molar-refractivity contribution is 5.51. The van der Waals surface area contributed by atoms with Gasteiger partial charge in [-0.3, -0.25) is 14.7 Å². The zero-order chi connectivity index (χ0) is 14.7. The van der Waals surface area contributed by atoms with Gasteiger partial charge in [-0.05, 0) is 24.3 Å². The molecule has 1 aromatic carbocycles. The van der Waals surface area contributed by atoms with Crippen molar-refractivity contribution < 1.29 is 9.34 Å². The molecule has 3 rings (SSSR count). The van der Waals surface area contributed by atoms with E-state index in [-0.39, 0.29) is 5.88 Å². The lowest BCUT2D eigenvalue weighted by atomic mass is 10.2. The topological polar surface area (TPSA) is 99.0 Å². The summed E-state index contributed by atoms with van der Waals surface area (Å²) in [7, 11) is 0. The van der Waals surface area contributed by atoms with Gasteiger partial charge in [0.2, 0.25) is 0 Å². The van der Waals surface area contributed by atoms with Crippen LogP contribution in [-0.4, -0.2) is 19.7 Å². The van der Waals surface area contributed by atoms with Crippen LogP contribution in [0, 0.1) is 10.1 Å². The average Bonchev–Trinajstić information content (AvgIpc) is 3.17. The summed E-state index contributed by atoms with van der Waals surface area (Å²) in [6, 6.07) is 10.5. The standard InChI is InChI=1S/C13H11N5O3/c19-18(20)13-5-4-12(21-13)7-14-10-2-1-3-11(6-10)17-8-15-16-9-17/h1-6,8-9,14H,7H2. The number of hydrogen-bond donors (Lipinski definition) is 1. The lowest BCUT2D eigenvalue weighted by Gasteiger charge is -2.07. The molecule has 0 amide bonds. The molecule has 0 fully saturated rings. The van der Waals surface area contributed by atoms with E-state index in [0.29, 0.717) is 12.3 Å². The van der Waals surface area contributed by atoms with Crippen LogP contribution in [0.1, 0.15) is 5.76 Å². The molecule has 0 bridgehead atoms.